The number of aliphatic hydroxyl groups excluding tert-OH is 3. The molecular weight excluding hydrogens is 288 g/mol. The lowest BCUT2D eigenvalue weighted by Gasteiger charge is -2.67. The molecule has 0 aromatic rings. The van der Waals surface area contributed by atoms with Gasteiger partial charge in [-0.15, -0.1) is 0 Å². The van der Waals surface area contributed by atoms with Crippen LogP contribution >= 0.6 is 0 Å². The molecule has 23 heavy (non-hydrogen) atoms. The van der Waals surface area contributed by atoms with Crippen LogP contribution in [0.5, 0.6) is 0 Å². The van der Waals surface area contributed by atoms with E-state index >= 15 is 0 Å². The Hall–Kier alpha value is -0.120. The van der Waals surface area contributed by atoms with E-state index in [2.05, 4.69) is 20.8 Å². The molecule has 0 heterocycles. The molecule has 132 valence electrons. The number of hydrogen-bond acceptors (Lipinski definition) is 3. The van der Waals surface area contributed by atoms with Gasteiger partial charge in [-0.2, -0.15) is 0 Å². The van der Waals surface area contributed by atoms with Crippen molar-refractivity contribution < 1.29 is 15.3 Å². The fourth-order valence-electron chi connectivity index (χ4n) is 7.79. The molecular formula is C20H34O3. The van der Waals surface area contributed by atoms with E-state index in [1.807, 2.05) is 0 Å². The summed E-state index contributed by atoms with van der Waals surface area (Å²) in [5.74, 6) is 1.21. The van der Waals surface area contributed by atoms with Gasteiger partial charge >= 0.3 is 0 Å². The zero-order chi connectivity index (χ0) is 16.6. The van der Waals surface area contributed by atoms with Gasteiger partial charge in [-0.3, -0.25) is 0 Å². The van der Waals surface area contributed by atoms with Crippen LogP contribution in [0.1, 0.15) is 72.1 Å². The smallest absolute Gasteiger partial charge is 0.0602 e. The molecule has 0 spiro atoms. The highest BCUT2D eigenvalue weighted by Crippen LogP contribution is 2.71. The van der Waals surface area contributed by atoms with Crippen LogP contribution in [0.15, 0.2) is 0 Å². The van der Waals surface area contributed by atoms with Crippen molar-refractivity contribution in [2.75, 3.05) is 0 Å². The Morgan fingerprint density at radius 3 is 2.22 bits per heavy atom. The van der Waals surface area contributed by atoms with Crippen LogP contribution in [0.3, 0.4) is 0 Å². The van der Waals surface area contributed by atoms with Gasteiger partial charge in [0.2, 0.25) is 0 Å². The number of rotatable bonds is 0. The van der Waals surface area contributed by atoms with Crippen LogP contribution in [0.4, 0.5) is 0 Å². The van der Waals surface area contributed by atoms with E-state index in [1.165, 1.54) is 6.42 Å². The van der Waals surface area contributed by atoms with Crippen molar-refractivity contribution in [3.63, 3.8) is 0 Å². The molecule has 3 heteroatoms. The summed E-state index contributed by atoms with van der Waals surface area (Å²) in [5, 5.41) is 32.3. The fourth-order valence-corrected chi connectivity index (χ4v) is 7.79. The molecule has 0 aliphatic heterocycles. The standard InChI is InChI=1S/C20H34O3/c1-18-8-6-13(21)9-12(18)10-17(23)20(3)14-5-4-7-19(14,2)16(22)11-15(18)20/h12-17,21-23H,4-11H2,1-3H3/t12-,13+,14+,15+,16-,17+,18-,19+,20-/m0/s1. The maximum absolute atomic E-state index is 11.2. The van der Waals surface area contributed by atoms with Crippen LogP contribution in [0.25, 0.3) is 0 Å². The normalized spacial score (nSPS) is 62.3. The average molecular weight is 322 g/mol. The summed E-state index contributed by atoms with van der Waals surface area (Å²) in [7, 11) is 0. The molecule has 0 aromatic heterocycles. The summed E-state index contributed by atoms with van der Waals surface area (Å²) < 4.78 is 0. The molecule has 4 aliphatic carbocycles. The second-order valence-corrected chi connectivity index (χ2v) is 10.0. The average Bonchev–Trinajstić information content (AvgIpc) is 2.90. The first kappa shape index (κ1) is 16.4. The molecule has 0 aromatic carbocycles. The first-order chi connectivity index (χ1) is 10.7. The van der Waals surface area contributed by atoms with Gasteiger partial charge in [0.1, 0.15) is 0 Å². The summed E-state index contributed by atoms with van der Waals surface area (Å²) in [4.78, 5) is 0. The van der Waals surface area contributed by atoms with Gasteiger partial charge in [-0.05, 0) is 73.5 Å². The fraction of sp³-hybridized carbons (Fsp3) is 1.00. The van der Waals surface area contributed by atoms with Gasteiger partial charge in [-0.25, -0.2) is 0 Å². The summed E-state index contributed by atoms with van der Waals surface area (Å²) in [6, 6.07) is 0. The van der Waals surface area contributed by atoms with Gasteiger partial charge in [0.05, 0.1) is 18.3 Å². The lowest BCUT2D eigenvalue weighted by Crippen LogP contribution is -2.66. The minimum atomic E-state index is -0.286. The molecule has 9 atom stereocenters. The topological polar surface area (TPSA) is 60.7 Å². The summed E-state index contributed by atoms with van der Waals surface area (Å²) in [6.07, 6.45) is 7.16. The van der Waals surface area contributed by atoms with Crippen LogP contribution < -0.4 is 0 Å². The van der Waals surface area contributed by atoms with Crippen LogP contribution in [-0.4, -0.2) is 33.6 Å². The Kier molecular flexibility index (Phi) is 3.52. The van der Waals surface area contributed by atoms with Crippen molar-refractivity contribution in [3.05, 3.63) is 0 Å². The van der Waals surface area contributed by atoms with E-state index in [0.29, 0.717) is 17.8 Å². The molecule has 0 bridgehead atoms. The zero-order valence-electron chi connectivity index (χ0n) is 15.0. The predicted molar refractivity (Wildman–Crippen MR) is 89.7 cm³/mol. The monoisotopic (exact) mass is 322 g/mol. The van der Waals surface area contributed by atoms with Crippen molar-refractivity contribution >= 4 is 0 Å². The zero-order valence-corrected chi connectivity index (χ0v) is 15.0. The van der Waals surface area contributed by atoms with E-state index in [4.69, 9.17) is 0 Å². The Bertz CT molecular complexity index is 493. The van der Waals surface area contributed by atoms with E-state index < -0.39 is 0 Å². The summed E-state index contributed by atoms with van der Waals surface area (Å²) in [6.45, 7) is 6.99. The number of hydrogen-bond donors (Lipinski definition) is 3. The first-order valence-electron chi connectivity index (χ1n) is 9.77. The minimum absolute atomic E-state index is 0.0103. The maximum atomic E-state index is 11.2. The van der Waals surface area contributed by atoms with E-state index in [-0.39, 0.29) is 34.6 Å². The maximum Gasteiger partial charge on any atom is 0.0602 e. The molecule has 4 fully saturated rings. The molecule has 3 nitrogen and oxygen atoms in total. The highest BCUT2D eigenvalue weighted by atomic mass is 16.3. The highest BCUT2D eigenvalue weighted by Gasteiger charge is 2.68. The van der Waals surface area contributed by atoms with E-state index in [9.17, 15) is 15.3 Å². The molecule has 4 aliphatic rings. The number of aliphatic hydroxyl groups is 3. The van der Waals surface area contributed by atoms with Crippen molar-refractivity contribution in [3.8, 4) is 0 Å². The van der Waals surface area contributed by atoms with Gasteiger partial charge in [0.15, 0.2) is 0 Å². The van der Waals surface area contributed by atoms with Crippen molar-refractivity contribution in [1.29, 1.82) is 0 Å². The molecule has 0 amide bonds. The predicted octanol–water partition coefficient (Wildman–Crippen LogP) is 3.11. The molecule has 0 saturated heterocycles. The third kappa shape index (κ3) is 1.93. The van der Waals surface area contributed by atoms with Crippen molar-refractivity contribution in [2.45, 2.75) is 90.4 Å². The minimum Gasteiger partial charge on any atom is -0.393 e. The van der Waals surface area contributed by atoms with E-state index in [1.54, 1.807) is 0 Å². The Morgan fingerprint density at radius 1 is 0.739 bits per heavy atom. The molecule has 3 N–H and O–H groups in total. The third-order valence-corrected chi connectivity index (χ3v) is 9.25. The first-order valence-corrected chi connectivity index (χ1v) is 9.77. The van der Waals surface area contributed by atoms with Crippen molar-refractivity contribution in [2.24, 2.45) is 34.0 Å². The Balaban J connectivity index is 1.77. The SMILES string of the molecule is C[C@]12CC[C@@H](O)C[C@H]1C[C@@H](O)[C@]1(C)[C@@H]2C[C@H](O)[C@]2(C)CCC[C@H]21. The second-order valence-electron chi connectivity index (χ2n) is 10.0. The van der Waals surface area contributed by atoms with Gasteiger partial charge in [0.25, 0.3) is 0 Å². The number of fused-ring (bicyclic) bond motifs is 5. The molecule has 0 unspecified atom stereocenters. The van der Waals surface area contributed by atoms with E-state index in [0.717, 1.165) is 44.9 Å². The van der Waals surface area contributed by atoms with Crippen molar-refractivity contribution in [1.82, 2.24) is 0 Å². The molecule has 4 saturated carbocycles. The second kappa shape index (κ2) is 4.95. The lowest BCUT2D eigenvalue weighted by molar-refractivity contribution is -0.243. The summed E-state index contributed by atoms with van der Waals surface area (Å²) >= 11 is 0. The van der Waals surface area contributed by atoms with Crippen LogP contribution in [-0.2, 0) is 0 Å². The molecule has 0 radical (unpaired) electrons. The Morgan fingerprint density at radius 2 is 1.48 bits per heavy atom. The highest BCUT2D eigenvalue weighted by molar-refractivity contribution is 5.17. The Labute approximate surface area is 140 Å². The van der Waals surface area contributed by atoms with Crippen LogP contribution in [0.2, 0.25) is 0 Å². The quantitative estimate of drug-likeness (QED) is 0.642. The third-order valence-electron chi connectivity index (χ3n) is 9.25. The van der Waals surface area contributed by atoms with Crippen LogP contribution in [0, 0.1) is 34.0 Å². The largest absolute Gasteiger partial charge is 0.393 e. The lowest BCUT2D eigenvalue weighted by atomic mass is 9.38. The summed E-state index contributed by atoms with van der Waals surface area (Å²) in [5.41, 5.74) is 0.0831. The van der Waals surface area contributed by atoms with Gasteiger partial charge in [0, 0.05) is 5.41 Å². The van der Waals surface area contributed by atoms with Gasteiger partial charge < -0.3 is 15.3 Å². The van der Waals surface area contributed by atoms with Gasteiger partial charge in [-0.1, -0.05) is 27.2 Å². The molecule has 4 rings (SSSR count).